The predicted molar refractivity (Wildman–Crippen MR) is 126 cm³/mol. The van der Waals surface area contributed by atoms with Gasteiger partial charge in [0.1, 0.15) is 24.4 Å². The number of aliphatic hydroxyl groups is 4. The Labute approximate surface area is 213 Å². The molecule has 5 rings (SSSR count). The van der Waals surface area contributed by atoms with Gasteiger partial charge in [0.2, 0.25) is 6.29 Å². The Kier molecular flexibility index (Phi) is 7.46. The van der Waals surface area contributed by atoms with Crippen molar-refractivity contribution in [3.05, 3.63) is 47.5 Å². The Morgan fingerprint density at radius 2 is 1.38 bits per heavy atom. The molecule has 3 fully saturated rings. The van der Waals surface area contributed by atoms with Crippen LogP contribution in [0.5, 0.6) is 23.0 Å². The summed E-state index contributed by atoms with van der Waals surface area (Å²) >= 11 is 0. The van der Waals surface area contributed by atoms with Crippen molar-refractivity contribution in [1.29, 1.82) is 0 Å². The molecule has 5 N–H and O–H groups in total. The van der Waals surface area contributed by atoms with Crippen LogP contribution in [0.4, 0.5) is 0 Å². The first-order chi connectivity index (χ1) is 17.9. The van der Waals surface area contributed by atoms with Gasteiger partial charge in [0, 0.05) is 11.8 Å². The SMILES string of the molecule is COc1cc([C@H]2OC[C@@H]3[C@H]2CO[C@@H]3c2ccc(O[C@@H]3O[C@H](CO)[C@@H](O)[C@H](O)[C@H]3O)c(OC)c2)ccc1O. The number of phenolic OH excluding ortho intramolecular Hbond substituents is 1. The van der Waals surface area contributed by atoms with Gasteiger partial charge in [0.15, 0.2) is 23.0 Å². The highest BCUT2D eigenvalue weighted by molar-refractivity contribution is 5.45. The first kappa shape index (κ1) is 26.0. The monoisotopic (exact) mass is 520 g/mol. The Bertz CT molecular complexity index is 1090. The highest BCUT2D eigenvalue weighted by Crippen LogP contribution is 2.51. The lowest BCUT2D eigenvalue weighted by Gasteiger charge is -2.39. The Hall–Kier alpha value is -2.64. The minimum Gasteiger partial charge on any atom is -0.504 e. The second-order valence-corrected chi connectivity index (χ2v) is 9.49. The summed E-state index contributed by atoms with van der Waals surface area (Å²) in [5, 5.41) is 49.7. The van der Waals surface area contributed by atoms with Gasteiger partial charge < -0.3 is 54.0 Å². The highest BCUT2D eigenvalue weighted by Gasteiger charge is 2.49. The van der Waals surface area contributed by atoms with Crippen molar-refractivity contribution in [3.8, 4) is 23.0 Å². The Balaban J connectivity index is 1.32. The van der Waals surface area contributed by atoms with E-state index < -0.39 is 37.3 Å². The van der Waals surface area contributed by atoms with Crippen molar-refractivity contribution in [2.75, 3.05) is 34.0 Å². The molecule has 0 spiro atoms. The summed E-state index contributed by atoms with van der Waals surface area (Å²) in [5.74, 6) is 1.27. The van der Waals surface area contributed by atoms with Gasteiger partial charge >= 0.3 is 0 Å². The van der Waals surface area contributed by atoms with Crippen molar-refractivity contribution in [1.82, 2.24) is 0 Å². The van der Waals surface area contributed by atoms with Crippen LogP contribution in [-0.4, -0.2) is 90.3 Å². The number of hydrogen-bond donors (Lipinski definition) is 5. The number of aromatic hydroxyl groups is 1. The minimum atomic E-state index is -1.55. The van der Waals surface area contributed by atoms with Crippen LogP contribution in [0, 0.1) is 11.8 Å². The molecule has 0 saturated carbocycles. The molecule has 3 aliphatic rings. The average molecular weight is 521 g/mol. The molecule has 3 saturated heterocycles. The fourth-order valence-corrected chi connectivity index (χ4v) is 5.35. The van der Waals surface area contributed by atoms with Crippen LogP contribution in [-0.2, 0) is 14.2 Å². The van der Waals surface area contributed by atoms with E-state index in [0.717, 1.165) is 11.1 Å². The number of rotatable bonds is 7. The summed E-state index contributed by atoms with van der Waals surface area (Å²) < 4.78 is 34.3. The third-order valence-corrected chi connectivity index (χ3v) is 7.40. The second-order valence-electron chi connectivity index (χ2n) is 9.49. The highest BCUT2D eigenvalue weighted by atomic mass is 16.7. The van der Waals surface area contributed by atoms with E-state index in [1.54, 1.807) is 24.3 Å². The average Bonchev–Trinajstić information content (AvgIpc) is 3.52. The van der Waals surface area contributed by atoms with Crippen LogP contribution in [0.2, 0.25) is 0 Å². The molecule has 3 heterocycles. The molecule has 0 aromatic heterocycles. The molecule has 0 unspecified atom stereocenters. The van der Waals surface area contributed by atoms with Gasteiger partial charge in [-0.15, -0.1) is 0 Å². The van der Waals surface area contributed by atoms with E-state index in [9.17, 15) is 25.5 Å². The third-order valence-electron chi connectivity index (χ3n) is 7.40. The zero-order valence-corrected chi connectivity index (χ0v) is 20.5. The zero-order chi connectivity index (χ0) is 26.3. The predicted octanol–water partition coefficient (Wildman–Crippen LogP) is 0.663. The zero-order valence-electron chi connectivity index (χ0n) is 20.5. The van der Waals surface area contributed by atoms with E-state index in [2.05, 4.69) is 0 Å². The minimum absolute atomic E-state index is 0.0689. The van der Waals surface area contributed by atoms with Crippen molar-refractivity contribution >= 4 is 0 Å². The first-order valence-electron chi connectivity index (χ1n) is 12.1. The quantitative estimate of drug-likeness (QED) is 0.349. The number of hydrogen-bond acceptors (Lipinski definition) is 11. The van der Waals surface area contributed by atoms with Crippen molar-refractivity contribution in [3.63, 3.8) is 0 Å². The first-order valence-corrected chi connectivity index (χ1v) is 12.1. The molecular weight excluding hydrogens is 488 g/mol. The van der Waals surface area contributed by atoms with Crippen molar-refractivity contribution < 1.29 is 54.0 Å². The van der Waals surface area contributed by atoms with Gasteiger partial charge in [-0.05, 0) is 35.4 Å². The van der Waals surface area contributed by atoms with Crippen molar-refractivity contribution in [2.24, 2.45) is 11.8 Å². The lowest BCUT2D eigenvalue weighted by atomic mass is 9.85. The smallest absolute Gasteiger partial charge is 0.229 e. The summed E-state index contributed by atoms with van der Waals surface area (Å²) in [6.07, 6.45) is -7.41. The second kappa shape index (κ2) is 10.6. The molecule has 11 nitrogen and oxygen atoms in total. The maximum Gasteiger partial charge on any atom is 0.229 e. The molecule has 0 amide bonds. The van der Waals surface area contributed by atoms with Gasteiger partial charge in [-0.3, -0.25) is 0 Å². The number of fused-ring (bicyclic) bond motifs is 1. The van der Waals surface area contributed by atoms with Gasteiger partial charge in [-0.1, -0.05) is 12.1 Å². The van der Waals surface area contributed by atoms with Gasteiger partial charge in [0.05, 0.1) is 46.2 Å². The Morgan fingerprint density at radius 1 is 0.784 bits per heavy atom. The molecule has 0 radical (unpaired) electrons. The van der Waals surface area contributed by atoms with Crippen LogP contribution >= 0.6 is 0 Å². The van der Waals surface area contributed by atoms with E-state index in [0.29, 0.717) is 24.7 Å². The standard InChI is InChI=1S/C26H32O11/c1-32-18-7-12(3-5-16(18)28)24-14-10-35-25(15(14)11-34-24)13-4-6-17(19(8-13)33-2)36-26-23(31)22(30)21(29)20(9-27)37-26/h3-8,14-15,20-31H,9-11H2,1-2H3/t14-,15-,20-,21-,22+,23-,24-,25-,26-/m1/s1. The lowest BCUT2D eigenvalue weighted by Crippen LogP contribution is -2.60. The molecule has 0 bridgehead atoms. The number of methoxy groups -OCH3 is 2. The maximum atomic E-state index is 10.3. The molecule has 2 aromatic carbocycles. The van der Waals surface area contributed by atoms with E-state index >= 15 is 0 Å². The van der Waals surface area contributed by atoms with E-state index in [-0.39, 0.29) is 35.5 Å². The number of aliphatic hydroxyl groups excluding tert-OH is 4. The van der Waals surface area contributed by atoms with E-state index in [4.69, 9.17) is 28.4 Å². The summed E-state index contributed by atoms with van der Waals surface area (Å²) in [6.45, 7) is 0.436. The van der Waals surface area contributed by atoms with Crippen LogP contribution in [0.25, 0.3) is 0 Å². The van der Waals surface area contributed by atoms with Gasteiger partial charge in [-0.25, -0.2) is 0 Å². The lowest BCUT2D eigenvalue weighted by molar-refractivity contribution is -0.277. The largest absolute Gasteiger partial charge is 0.504 e. The van der Waals surface area contributed by atoms with Crippen LogP contribution in [0.3, 0.4) is 0 Å². The number of benzene rings is 2. The topological polar surface area (TPSA) is 157 Å². The van der Waals surface area contributed by atoms with Crippen molar-refractivity contribution in [2.45, 2.75) is 42.9 Å². The molecule has 202 valence electrons. The third kappa shape index (κ3) is 4.72. The maximum absolute atomic E-state index is 10.3. The number of phenols is 1. The molecule has 2 aromatic rings. The molecule has 37 heavy (non-hydrogen) atoms. The molecule has 9 atom stereocenters. The van der Waals surface area contributed by atoms with Crippen LogP contribution in [0.15, 0.2) is 36.4 Å². The summed E-state index contributed by atoms with van der Waals surface area (Å²) in [4.78, 5) is 0. The van der Waals surface area contributed by atoms with Crippen LogP contribution < -0.4 is 14.2 Å². The van der Waals surface area contributed by atoms with E-state index in [1.165, 1.54) is 14.2 Å². The molecule has 11 heteroatoms. The van der Waals surface area contributed by atoms with E-state index in [1.807, 2.05) is 12.1 Å². The fourth-order valence-electron chi connectivity index (χ4n) is 5.35. The number of ether oxygens (including phenoxy) is 6. The van der Waals surface area contributed by atoms with Gasteiger partial charge in [0.25, 0.3) is 0 Å². The fraction of sp³-hybridized carbons (Fsp3) is 0.538. The molecule has 3 aliphatic heterocycles. The normalized spacial score (nSPS) is 35.2. The molecular formula is C26H32O11. The van der Waals surface area contributed by atoms with Crippen LogP contribution in [0.1, 0.15) is 23.3 Å². The Morgan fingerprint density at radius 3 is 1.97 bits per heavy atom. The summed E-state index contributed by atoms with van der Waals surface area (Å²) in [5.41, 5.74) is 1.77. The summed E-state index contributed by atoms with van der Waals surface area (Å²) in [7, 11) is 2.98. The van der Waals surface area contributed by atoms with Gasteiger partial charge in [-0.2, -0.15) is 0 Å². The molecule has 0 aliphatic carbocycles. The summed E-state index contributed by atoms with van der Waals surface area (Å²) in [6, 6.07) is 10.5.